The molecular weight excluding hydrogens is 166 g/mol. The maximum atomic E-state index is 4.54. The third kappa shape index (κ3) is 1.53. The molecule has 1 heterocycles. The van der Waals surface area contributed by atoms with E-state index in [-0.39, 0.29) is 0 Å². The van der Waals surface area contributed by atoms with Gasteiger partial charge in [-0.2, -0.15) is 0 Å². The smallest absolute Gasteiger partial charge is 0.0981 e. The van der Waals surface area contributed by atoms with Crippen LogP contribution in [0.3, 0.4) is 0 Å². The first-order chi connectivity index (χ1) is 5.86. The highest BCUT2D eigenvalue weighted by molar-refractivity contribution is 8.14. The van der Waals surface area contributed by atoms with Crippen LogP contribution in [0.25, 0.3) is 0 Å². The molecule has 2 rings (SSSR count). The van der Waals surface area contributed by atoms with Crippen LogP contribution >= 0.6 is 11.8 Å². The Morgan fingerprint density at radius 1 is 1.33 bits per heavy atom. The summed E-state index contributed by atoms with van der Waals surface area (Å²) < 4.78 is 0. The van der Waals surface area contributed by atoms with Crippen molar-refractivity contribution in [2.24, 2.45) is 4.99 Å². The second-order valence-corrected chi connectivity index (χ2v) is 3.97. The summed E-state index contributed by atoms with van der Waals surface area (Å²) in [7, 11) is 0. The molecule has 62 valence electrons. The summed E-state index contributed by atoms with van der Waals surface area (Å²) in [4.78, 5) is 4.54. The Morgan fingerprint density at radius 3 is 2.67 bits per heavy atom. The third-order valence-electron chi connectivity index (χ3n) is 1.82. The molecule has 1 aliphatic rings. The first kappa shape index (κ1) is 7.87. The first-order valence-electron chi connectivity index (χ1n) is 4.12. The van der Waals surface area contributed by atoms with Crippen molar-refractivity contribution in [3.63, 3.8) is 0 Å². The van der Waals surface area contributed by atoms with Crippen LogP contribution in [0.5, 0.6) is 0 Å². The van der Waals surface area contributed by atoms with Gasteiger partial charge in [0.05, 0.1) is 11.1 Å². The summed E-state index contributed by atoms with van der Waals surface area (Å²) in [6, 6.07) is 10.9. The van der Waals surface area contributed by atoms with E-state index in [0.717, 1.165) is 5.75 Å². The van der Waals surface area contributed by atoms with E-state index in [1.807, 2.05) is 17.8 Å². The zero-order valence-electron chi connectivity index (χ0n) is 7.03. The van der Waals surface area contributed by atoms with E-state index in [0.29, 0.717) is 6.04 Å². The minimum absolute atomic E-state index is 0.491. The Kier molecular flexibility index (Phi) is 2.17. The van der Waals surface area contributed by atoms with E-state index in [2.05, 4.69) is 36.2 Å². The van der Waals surface area contributed by atoms with E-state index in [9.17, 15) is 0 Å². The molecule has 1 aliphatic heterocycles. The fraction of sp³-hybridized carbons (Fsp3) is 0.300. The summed E-state index contributed by atoms with van der Waals surface area (Å²) in [5.74, 6) is 1.13. The molecule has 0 aromatic heterocycles. The minimum Gasteiger partial charge on any atom is -0.274 e. The average Bonchev–Trinajstić information content (AvgIpc) is 2.54. The van der Waals surface area contributed by atoms with Crippen LogP contribution < -0.4 is 0 Å². The third-order valence-corrected chi connectivity index (χ3v) is 3.08. The molecule has 0 spiro atoms. The molecule has 0 radical (unpaired) electrons. The predicted octanol–water partition coefficient (Wildman–Crippen LogP) is 2.57. The summed E-state index contributed by atoms with van der Waals surface area (Å²) >= 11 is 1.85. The van der Waals surface area contributed by atoms with Crippen molar-refractivity contribution in [1.82, 2.24) is 0 Å². The van der Waals surface area contributed by atoms with Crippen molar-refractivity contribution >= 4 is 16.8 Å². The molecular formula is C10H11NS. The Morgan fingerprint density at radius 2 is 2.08 bits per heavy atom. The van der Waals surface area contributed by atoms with Gasteiger partial charge < -0.3 is 0 Å². The number of hydrogen-bond acceptors (Lipinski definition) is 2. The van der Waals surface area contributed by atoms with Gasteiger partial charge in [0.25, 0.3) is 0 Å². The Bertz CT molecular complexity index is 292. The molecule has 0 fully saturated rings. The van der Waals surface area contributed by atoms with Gasteiger partial charge in [0.2, 0.25) is 0 Å². The van der Waals surface area contributed by atoms with Gasteiger partial charge in [0.15, 0.2) is 0 Å². The van der Waals surface area contributed by atoms with E-state index >= 15 is 0 Å². The lowest BCUT2D eigenvalue weighted by Crippen LogP contribution is -1.93. The topological polar surface area (TPSA) is 12.4 Å². The molecule has 12 heavy (non-hydrogen) atoms. The van der Waals surface area contributed by atoms with Crippen LogP contribution in [-0.4, -0.2) is 16.8 Å². The van der Waals surface area contributed by atoms with Crippen LogP contribution in [-0.2, 0) is 0 Å². The van der Waals surface area contributed by atoms with Crippen LogP contribution in [0, 0.1) is 0 Å². The molecule has 0 unspecified atom stereocenters. The molecule has 1 aromatic rings. The largest absolute Gasteiger partial charge is 0.274 e. The molecule has 1 aromatic carbocycles. The molecule has 0 N–H and O–H groups in total. The van der Waals surface area contributed by atoms with Gasteiger partial charge in [0, 0.05) is 11.3 Å². The number of rotatable bonds is 1. The number of nitrogens with zero attached hydrogens (tertiary/aromatic N) is 1. The van der Waals surface area contributed by atoms with Crippen molar-refractivity contribution in [3.8, 4) is 0 Å². The van der Waals surface area contributed by atoms with Crippen LogP contribution in [0.4, 0.5) is 0 Å². The fourth-order valence-corrected chi connectivity index (χ4v) is 2.24. The van der Waals surface area contributed by atoms with Crippen LogP contribution in [0.1, 0.15) is 12.5 Å². The SMILES string of the molecule is C[C@H]1CSC(c2ccccc2)=N1. The van der Waals surface area contributed by atoms with E-state index in [4.69, 9.17) is 0 Å². The molecule has 0 amide bonds. The highest BCUT2D eigenvalue weighted by Gasteiger charge is 2.14. The quantitative estimate of drug-likeness (QED) is 0.642. The predicted molar refractivity (Wildman–Crippen MR) is 54.9 cm³/mol. The summed E-state index contributed by atoms with van der Waals surface area (Å²) in [5, 5.41) is 1.20. The van der Waals surface area contributed by atoms with Crippen molar-refractivity contribution in [3.05, 3.63) is 35.9 Å². The number of aliphatic imine (C=N–C) groups is 1. The van der Waals surface area contributed by atoms with E-state index in [1.54, 1.807) is 0 Å². The second-order valence-electron chi connectivity index (χ2n) is 2.96. The number of benzene rings is 1. The maximum absolute atomic E-state index is 4.54. The molecule has 0 bridgehead atoms. The normalized spacial score (nSPS) is 22.4. The van der Waals surface area contributed by atoms with E-state index < -0.39 is 0 Å². The van der Waals surface area contributed by atoms with Crippen molar-refractivity contribution in [2.75, 3.05) is 5.75 Å². The van der Waals surface area contributed by atoms with Crippen molar-refractivity contribution in [2.45, 2.75) is 13.0 Å². The van der Waals surface area contributed by atoms with Gasteiger partial charge in [-0.25, -0.2) is 0 Å². The van der Waals surface area contributed by atoms with Gasteiger partial charge >= 0.3 is 0 Å². The van der Waals surface area contributed by atoms with Gasteiger partial charge in [-0.15, -0.1) is 11.8 Å². The van der Waals surface area contributed by atoms with Gasteiger partial charge in [-0.1, -0.05) is 30.3 Å². The minimum atomic E-state index is 0.491. The lowest BCUT2D eigenvalue weighted by atomic mass is 10.2. The molecule has 1 nitrogen and oxygen atoms in total. The fourth-order valence-electron chi connectivity index (χ4n) is 1.21. The first-order valence-corrected chi connectivity index (χ1v) is 5.11. The number of thioether (sulfide) groups is 1. The van der Waals surface area contributed by atoms with Crippen molar-refractivity contribution < 1.29 is 0 Å². The maximum Gasteiger partial charge on any atom is 0.0981 e. The summed E-state index contributed by atoms with van der Waals surface area (Å²) in [6.45, 7) is 2.16. The standard InChI is InChI=1S/C10H11NS/c1-8-7-12-10(11-8)9-5-3-2-4-6-9/h2-6,8H,7H2,1H3/t8-/m0/s1. The Labute approximate surface area is 76.9 Å². The Hall–Kier alpha value is -0.760. The van der Waals surface area contributed by atoms with Gasteiger partial charge in [0.1, 0.15) is 0 Å². The van der Waals surface area contributed by atoms with Crippen molar-refractivity contribution in [1.29, 1.82) is 0 Å². The highest BCUT2D eigenvalue weighted by atomic mass is 32.2. The van der Waals surface area contributed by atoms with E-state index in [1.165, 1.54) is 10.6 Å². The zero-order valence-corrected chi connectivity index (χ0v) is 7.84. The summed E-state index contributed by atoms with van der Waals surface area (Å²) in [6.07, 6.45) is 0. The lowest BCUT2D eigenvalue weighted by Gasteiger charge is -1.96. The van der Waals surface area contributed by atoms with Crippen LogP contribution in [0.2, 0.25) is 0 Å². The molecule has 0 saturated carbocycles. The monoisotopic (exact) mass is 177 g/mol. The molecule has 0 saturated heterocycles. The zero-order chi connectivity index (χ0) is 8.39. The van der Waals surface area contributed by atoms with Gasteiger partial charge in [-0.05, 0) is 6.92 Å². The highest BCUT2D eigenvalue weighted by Crippen LogP contribution is 2.22. The molecule has 2 heteroatoms. The van der Waals surface area contributed by atoms with Gasteiger partial charge in [-0.3, -0.25) is 4.99 Å². The number of hydrogen-bond donors (Lipinski definition) is 0. The second kappa shape index (κ2) is 3.31. The summed E-state index contributed by atoms with van der Waals surface area (Å²) in [5.41, 5.74) is 1.26. The molecule has 0 aliphatic carbocycles. The Balaban J connectivity index is 2.27. The average molecular weight is 177 g/mol. The molecule has 1 atom stereocenters. The lowest BCUT2D eigenvalue weighted by molar-refractivity contribution is 0.865. The van der Waals surface area contributed by atoms with Crippen LogP contribution in [0.15, 0.2) is 35.3 Å².